The van der Waals surface area contributed by atoms with Crippen molar-refractivity contribution in [3.8, 4) is 22.3 Å². The van der Waals surface area contributed by atoms with Gasteiger partial charge in [-0.1, -0.05) is 0 Å². The van der Waals surface area contributed by atoms with E-state index in [0.717, 1.165) is 74.6 Å². The van der Waals surface area contributed by atoms with Crippen LogP contribution < -0.4 is 4.90 Å². The summed E-state index contributed by atoms with van der Waals surface area (Å²) in [7, 11) is 4.31. The zero-order chi connectivity index (χ0) is 50.5. The molecule has 8 aromatic rings. The first-order chi connectivity index (χ1) is 34.6. The van der Waals surface area contributed by atoms with E-state index in [9.17, 15) is 17.6 Å². The Morgan fingerprint density at radius 3 is 1.50 bits per heavy atom. The summed E-state index contributed by atoms with van der Waals surface area (Å²) in [5.74, 6) is 1.50. The molecule has 11 rings (SSSR count). The van der Waals surface area contributed by atoms with Gasteiger partial charge in [0.15, 0.2) is 11.6 Å². The predicted octanol–water partition coefficient (Wildman–Crippen LogP) is 8.79. The van der Waals surface area contributed by atoms with Crippen molar-refractivity contribution in [2.24, 2.45) is 5.92 Å². The van der Waals surface area contributed by atoms with Crippen molar-refractivity contribution >= 4 is 27.8 Å². The number of likely N-dealkylation sites (tertiary alicyclic amines) is 2. The minimum atomic E-state index is -0.508. The zero-order valence-electron chi connectivity index (χ0n) is 42.1. The summed E-state index contributed by atoms with van der Waals surface area (Å²) in [6.07, 6.45) is 10.5. The van der Waals surface area contributed by atoms with Gasteiger partial charge in [-0.3, -0.25) is 14.9 Å². The Kier molecular flexibility index (Phi) is 13.6. The number of aromatic nitrogens is 10. The number of likely N-dealkylation sites (N-methyl/N-ethyl adjacent to an activating group) is 2. The Hall–Kier alpha value is -6.76. The highest BCUT2D eigenvalue weighted by Gasteiger charge is 2.43. The molecule has 0 bridgehead atoms. The van der Waals surface area contributed by atoms with Crippen LogP contribution in [-0.4, -0.2) is 130 Å². The maximum Gasteiger partial charge on any atom is 0.151 e. The number of imidazole rings is 2. The topological polar surface area (TPSA) is 126 Å². The first-order valence-electron chi connectivity index (χ1n) is 24.7. The Morgan fingerprint density at radius 1 is 0.556 bits per heavy atom. The molecule has 9 heterocycles. The van der Waals surface area contributed by atoms with Gasteiger partial charge >= 0.3 is 0 Å². The number of anilines is 1. The normalized spacial score (nSPS) is 17.6. The van der Waals surface area contributed by atoms with E-state index >= 15 is 0 Å². The second-order valence-electron chi connectivity index (χ2n) is 20.2. The Labute approximate surface area is 416 Å². The minimum Gasteiger partial charge on any atom is -0.366 e. The highest BCUT2D eigenvalue weighted by molar-refractivity contribution is 5.85. The number of piperazine rings is 1. The van der Waals surface area contributed by atoms with Gasteiger partial charge in [-0.2, -0.15) is 0 Å². The zero-order valence-corrected chi connectivity index (χ0v) is 42.1. The van der Waals surface area contributed by atoms with Crippen molar-refractivity contribution < 1.29 is 17.6 Å². The number of nitrogens with zero attached hydrogens (tertiary/aromatic N) is 14. The van der Waals surface area contributed by atoms with Crippen molar-refractivity contribution in [1.82, 2.24) is 63.7 Å². The number of hydrogen-bond donors (Lipinski definition) is 0. The molecule has 3 aliphatic rings. The molecule has 374 valence electrons. The fraction of sp³-hybridized carbons (Fsp3) is 0.407. The van der Waals surface area contributed by atoms with E-state index in [4.69, 9.17) is 0 Å². The number of benzene rings is 2. The van der Waals surface area contributed by atoms with Crippen LogP contribution in [0.25, 0.3) is 44.3 Å². The van der Waals surface area contributed by atoms with E-state index in [1.54, 1.807) is 24.3 Å². The van der Waals surface area contributed by atoms with Crippen molar-refractivity contribution in [3.63, 3.8) is 0 Å². The van der Waals surface area contributed by atoms with E-state index in [1.165, 1.54) is 31.1 Å². The predicted molar refractivity (Wildman–Crippen MR) is 271 cm³/mol. The maximum absolute atomic E-state index is 15.0. The van der Waals surface area contributed by atoms with Gasteiger partial charge < -0.3 is 23.8 Å². The minimum absolute atomic E-state index is 0.0958. The van der Waals surface area contributed by atoms with Crippen molar-refractivity contribution in [1.29, 1.82) is 0 Å². The molecule has 72 heavy (non-hydrogen) atoms. The van der Waals surface area contributed by atoms with E-state index in [-0.39, 0.29) is 12.1 Å². The molecular weight excluding hydrogens is 921 g/mol. The molecule has 14 nitrogen and oxygen atoms in total. The van der Waals surface area contributed by atoms with Crippen LogP contribution in [0.15, 0.2) is 73.6 Å². The molecular formula is C54H60F4N14. The molecule has 0 unspecified atom stereocenters. The highest BCUT2D eigenvalue weighted by Crippen LogP contribution is 2.34. The molecule has 3 fully saturated rings. The van der Waals surface area contributed by atoms with Crippen molar-refractivity contribution in [2.45, 2.75) is 79.1 Å². The van der Waals surface area contributed by atoms with Crippen molar-refractivity contribution in [3.05, 3.63) is 137 Å². The Balaban J connectivity index is 0.000000166. The third kappa shape index (κ3) is 9.91. The SMILES string of the molecule is Cc1nc2c(F)cc(-c3cc(Cc4ncc(CN5C[C@H]6CN(C)[C@H]6C5)cn4)ncc3F)cc2n1C(C)C.Cc1nc2c(F)cc(-c3cc(Cc4ncc(N5CCN(C)CC5)cn4)ncc3F)cc2n1C(C)C. The molecule has 0 radical (unpaired) electrons. The Morgan fingerprint density at radius 2 is 1.04 bits per heavy atom. The molecule has 2 aromatic carbocycles. The summed E-state index contributed by atoms with van der Waals surface area (Å²) in [5, 5.41) is 0. The third-order valence-electron chi connectivity index (χ3n) is 14.3. The van der Waals surface area contributed by atoms with Gasteiger partial charge in [-0.05, 0) is 103 Å². The molecule has 3 aliphatic heterocycles. The van der Waals surface area contributed by atoms with Gasteiger partial charge in [-0.15, -0.1) is 0 Å². The number of pyridine rings is 2. The summed E-state index contributed by atoms with van der Waals surface area (Å²) in [6.45, 7) is 19.9. The molecule has 0 spiro atoms. The summed E-state index contributed by atoms with van der Waals surface area (Å²) in [4.78, 5) is 44.8. The number of aryl methyl sites for hydroxylation is 2. The summed E-state index contributed by atoms with van der Waals surface area (Å²) in [6, 6.07) is 10.5. The van der Waals surface area contributed by atoms with Gasteiger partial charge in [0, 0.05) is 117 Å². The monoisotopic (exact) mass is 981 g/mol. The van der Waals surface area contributed by atoms with Crippen LogP contribution in [0.1, 0.15) is 80.0 Å². The maximum atomic E-state index is 15.0. The molecule has 0 aliphatic carbocycles. The standard InChI is InChI=1S/C28H31F2N7.C26H29F2N7/c1-16(2)37-17(3)34-28-23(29)5-19(6-25(28)37)22-7-21(31-11-24(22)30)8-27-32-9-18(10-33-27)12-36-14-20-13-35(4)26(20)15-36;1-16(2)35-17(3)32-26-22(27)9-18(10-24(26)35)21-11-19(29-15-23(21)28)12-25-30-13-20(14-31-25)34-7-5-33(4)6-8-34/h5-7,9-11,16,20,26H,8,12-15H2,1-4H3;9-11,13-16H,5-8,12H2,1-4H3/t20-,26+;/m1./s1. The largest absolute Gasteiger partial charge is 0.366 e. The van der Waals surface area contributed by atoms with Crippen molar-refractivity contribution in [2.75, 3.05) is 64.8 Å². The average Bonchev–Trinajstić information content (AvgIpc) is 4.00. The number of halogens is 4. The van der Waals surface area contributed by atoms with E-state index in [2.05, 4.69) is 73.6 Å². The lowest BCUT2D eigenvalue weighted by atomic mass is 9.93. The molecule has 0 saturated carbocycles. The second kappa shape index (κ2) is 20.0. The number of hydrogen-bond acceptors (Lipinski definition) is 12. The van der Waals surface area contributed by atoms with Crippen LogP contribution in [0.5, 0.6) is 0 Å². The first-order valence-corrected chi connectivity index (χ1v) is 24.7. The lowest BCUT2D eigenvalue weighted by Crippen LogP contribution is -2.52. The molecule has 2 atom stereocenters. The van der Waals surface area contributed by atoms with Crippen LogP contribution in [0.4, 0.5) is 23.2 Å². The van der Waals surface area contributed by atoms with E-state index in [1.807, 2.05) is 75.5 Å². The van der Waals surface area contributed by atoms with Crippen LogP contribution in [0.2, 0.25) is 0 Å². The van der Waals surface area contributed by atoms with Crippen LogP contribution in [0.3, 0.4) is 0 Å². The van der Waals surface area contributed by atoms with E-state index in [0.29, 0.717) is 86.2 Å². The molecule has 6 aromatic heterocycles. The first kappa shape index (κ1) is 48.8. The highest BCUT2D eigenvalue weighted by atomic mass is 19.1. The molecule has 0 N–H and O–H groups in total. The van der Waals surface area contributed by atoms with E-state index < -0.39 is 23.3 Å². The lowest BCUT2D eigenvalue weighted by molar-refractivity contribution is 0.0825. The fourth-order valence-corrected chi connectivity index (χ4v) is 10.7. The van der Waals surface area contributed by atoms with Gasteiger partial charge in [0.2, 0.25) is 0 Å². The fourth-order valence-electron chi connectivity index (χ4n) is 10.7. The third-order valence-corrected chi connectivity index (χ3v) is 14.3. The average molecular weight is 981 g/mol. The Bertz CT molecular complexity index is 3250. The summed E-state index contributed by atoms with van der Waals surface area (Å²) >= 11 is 0. The lowest BCUT2D eigenvalue weighted by Gasteiger charge is -2.40. The smallest absolute Gasteiger partial charge is 0.151 e. The summed E-state index contributed by atoms with van der Waals surface area (Å²) in [5.41, 5.74) is 6.69. The van der Waals surface area contributed by atoms with Crippen LogP contribution in [0, 0.1) is 43.0 Å². The van der Waals surface area contributed by atoms with Crippen LogP contribution in [-0.2, 0) is 19.4 Å². The summed E-state index contributed by atoms with van der Waals surface area (Å²) < 4.78 is 63.5. The van der Waals surface area contributed by atoms with Gasteiger partial charge in [0.1, 0.15) is 46.0 Å². The second-order valence-corrected chi connectivity index (χ2v) is 20.2. The quantitative estimate of drug-likeness (QED) is 0.115. The molecule has 0 amide bonds. The molecule has 3 saturated heterocycles. The van der Waals surface area contributed by atoms with Gasteiger partial charge in [0.25, 0.3) is 0 Å². The van der Waals surface area contributed by atoms with Gasteiger partial charge in [-0.25, -0.2) is 47.5 Å². The van der Waals surface area contributed by atoms with Crippen LogP contribution >= 0.6 is 0 Å². The number of fused-ring (bicyclic) bond motifs is 3. The molecule has 18 heteroatoms. The number of rotatable bonds is 11. The van der Waals surface area contributed by atoms with Gasteiger partial charge in [0.05, 0.1) is 54.3 Å².